The lowest BCUT2D eigenvalue weighted by Crippen LogP contribution is -2.01. The summed E-state index contributed by atoms with van der Waals surface area (Å²) in [5, 5.41) is 3.12. The Hall–Kier alpha value is -0.460. The smallest absolute Gasteiger partial charge is 0.00320 e. The average molecular weight is 139 g/mol. The Morgan fingerprint density at radius 1 is 1.70 bits per heavy atom. The Labute approximate surface area is 63.5 Å². The predicted molar refractivity (Wildman–Crippen MR) is 44.7 cm³/mol. The highest BCUT2D eigenvalue weighted by molar-refractivity contribution is 4.98. The van der Waals surface area contributed by atoms with Crippen LogP contribution in [0.2, 0.25) is 0 Å². The maximum Gasteiger partial charge on any atom is 0.00320 e. The number of hydrogen-bond acceptors (Lipinski definition) is 1. The standard InChI is InChI=1S/C9H17N/c1-7-6-9(7)5-4-8(2)10-3/h4,7,9-10H,5-6H2,1-3H3/b8-4-. The van der Waals surface area contributed by atoms with E-state index in [1.165, 1.54) is 18.5 Å². The number of hydrogen-bond donors (Lipinski definition) is 1. The molecule has 1 aliphatic rings. The van der Waals surface area contributed by atoms with E-state index in [9.17, 15) is 0 Å². The van der Waals surface area contributed by atoms with E-state index in [1.54, 1.807) is 0 Å². The van der Waals surface area contributed by atoms with Crippen molar-refractivity contribution in [2.75, 3.05) is 7.05 Å². The van der Waals surface area contributed by atoms with Gasteiger partial charge in [-0.3, -0.25) is 0 Å². The SMILES string of the molecule is CN/C(C)=C\CC1CC1C. The van der Waals surface area contributed by atoms with Crippen LogP contribution in [0.5, 0.6) is 0 Å². The molecule has 1 heteroatoms. The molecule has 2 atom stereocenters. The van der Waals surface area contributed by atoms with Gasteiger partial charge in [0.05, 0.1) is 0 Å². The first-order valence-electron chi connectivity index (χ1n) is 4.08. The number of nitrogens with one attached hydrogen (secondary N) is 1. The summed E-state index contributed by atoms with van der Waals surface area (Å²) in [7, 11) is 1.97. The summed E-state index contributed by atoms with van der Waals surface area (Å²) in [4.78, 5) is 0. The van der Waals surface area contributed by atoms with Crippen LogP contribution in [0.25, 0.3) is 0 Å². The molecule has 1 saturated carbocycles. The van der Waals surface area contributed by atoms with Crippen molar-refractivity contribution in [2.24, 2.45) is 11.8 Å². The molecule has 0 saturated heterocycles. The van der Waals surface area contributed by atoms with Gasteiger partial charge >= 0.3 is 0 Å². The van der Waals surface area contributed by atoms with E-state index < -0.39 is 0 Å². The van der Waals surface area contributed by atoms with Crippen molar-refractivity contribution in [3.63, 3.8) is 0 Å². The van der Waals surface area contributed by atoms with E-state index in [0.29, 0.717) is 0 Å². The van der Waals surface area contributed by atoms with Crippen molar-refractivity contribution < 1.29 is 0 Å². The maximum atomic E-state index is 3.12. The van der Waals surface area contributed by atoms with Gasteiger partial charge in [0.2, 0.25) is 0 Å². The Bertz CT molecular complexity index is 138. The highest BCUT2D eigenvalue weighted by atomic mass is 14.8. The van der Waals surface area contributed by atoms with Crippen LogP contribution in [0, 0.1) is 11.8 Å². The van der Waals surface area contributed by atoms with Gasteiger partial charge in [0.25, 0.3) is 0 Å². The van der Waals surface area contributed by atoms with Crippen LogP contribution < -0.4 is 5.32 Å². The number of rotatable bonds is 3. The van der Waals surface area contributed by atoms with Crippen molar-refractivity contribution in [1.29, 1.82) is 0 Å². The van der Waals surface area contributed by atoms with Gasteiger partial charge in [-0.25, -0.2) is 0 Å². The largest absolute Gasteiger partial charge is 0.392 e. The van der Waals surface area contributed by atoms with Gasteiger partial charge in [-0.05, 0) is 31.6 Å². The van der Waals surface area contributed by atoms with Gasteiger partial charge in [0.15, 0.2) is 0 Å². The summed E-state index contributed by atoms with van der Waals surface area (Å²) < 4.78 is 0. The fourth-order valence-corrected chi connectivity index (χ4v) is 1.16. The molecule has 58 valence electrons. The summed E-state index contributed by atoms with van der Waals surface area (Å²) >= 11 is 0. The second-order valence-corrected chi connectivity index (χ2v) is 3.35. The zero-order chi connectivity index (χ0) is 7.56. The average Bonchev–Trinajstić information content (AvgIpc) is 2.61. The fourth-order valence-electron chi connectivity index (χ4n) is 1.16. The Kier molecular flexibility index (Phi) is 2.36. The molecule has 0 heterocycles. The van der Waals surface area contributed by atoms with Gasteiger partial charge in [0.1, 0.15) is 0 Å². The molecular formula is C9H17N. The molecule has 1 fully saturated rings. The minimum atomic E-state index is 0.987. The molecule has 10 heavy (non-hydrogen) atoms. The highest BCUT2D eigenvalue weighted by Gasteiger charge is 2.30. The quantitative estimate of drug-likeness (QED) is 0.631. The molecular weight excluding hydrogens is 122 g/mol. The summed E-state index contributed by atoms with van der Waals surface area (Å²) in [5.74, 6) is 1.98. The molecule has 2 unspecified atom stereocenters. The molecule has 0 radical (unpaired) electrons. The van der Waals surface area contributed by atoms with Crippen LogP contribution in [0.1, 0.15) is 26.7 Å². The molecule has 1 aliphatic carbocycles. The normalized spacial score (nSPS) is 32.1. The highest BCUT2D eigenvalue weighted by Crippen LogP contribution is 2.40. The summed E-state index contributed by atoms with van der Waals surface area (Å²) in [5.41, 5.74) is 1.30. The molecule has 1 N–H and O–H groups in total. The second kappa shape index (κ2) is 3.09. The van der Waals surface area contributed by atoms with Crippen molar-refractivity contribution in [2.45, 2.75) is 26.7 Å². The summed E-state index contributed by atoms with van der Waals surface area (Å²) in [6.07, 6.45) is 5.01. The van der Waals surface area contributed by atoms with Crippen LogP contribution in [0.3, 0.4) is 0 Å². The molecule has 0 aromatic rings. The van der Waals surface area contributed by atoms with Gasteiger partial charge in [-0.15, -0.1) is 0 Å². The Morgan fingerprint density at radius 2 is 2.30 bits per heavy atom. The van der Waals surface area contributed by atoms with E-state index in [1.807, 2.05) is 7.05 Å². The first-order valence-corrected chi connectivity index (χ1v) is 4.08. The fraction of sp³-hybridized carbons (Fsp3) is 0.778. The van der Waals surface area contributed by atoms with Gasteiger partial charge in [-0.2, -0.15) is 0 Å². The molecule has 0 aliphatic heterocycles. The van der Waals surface area contributed by atoms with E-state index in [0.717, 1.165) is 11.8 Å². The van der Waals surface area contributed by atoms with Crippen molar-refractivity contribution in [1.82, 2.24) is 5.32 Å². The lowest BCUT2D eigenvalue weighted by atomic mass is 10.2. The second-order valence-electron chi connectivity index (χ2n) is 3.35. The first-order chi connectivity index (χ1) is 4.74. The van der Waals surface area contributed by atoms with Crippen LogP contribution in [0.15, 0.2) is 11.8 Å². The molecule has 1 nitrogen and oxygen atoms in total. The molecule has 0 spiro atoms. The topological polar surface area (TPSA) is 12.0 Å². The van der Waals surface area contributed by atoms with Crippen molar-refractivity contribution >= 4 is 0 Å². The zero-order valence-electron chi connectivity index (χ0n) is 7.15. The third-order valence-corrected chi connectivity index (χ3v) is 2.40. The molecule has 0 aromatic carbocycles. The Balaban J connectivity index is 2.15. The van der Waals surface area contributed by atoms with E-state index in [4.69, 9.17) is 0 Å². The minimum absolute atomic E-state index is 0.987. The Morgan fingerprint density at radius 3 is 2.70 bits per heavy atom. The van der Waals surface area contributed by atoms with Crippen LogP contribution >= 0.6 is 0 Å². The van der Waals surface area contributed by atoms with E-state index in [-0.39, 0.29) is 0 Å². The molecule has 0 bridgehead atoms. The number of allylic oxidation sites excluding steroid dienone is 2. The molecule has 0 amide bonds. The monoisotopic (exact) mass is 139 g/mol. The third kappa shape index (κ3) is 2.05. The van der Waals surface area contributed by atoms with Crippen LogP contribution in [-0.2, 0) is 0 Å². The third-order valence-electron chi connectivity index (χ3n) is 2.40. The minimum Gasteiger partial charge on any atom is -0.392 e. The van der Waals surface area contributed by atoms with Gasteiger partial charge in [0, 0.05) is 12.7 Å². The van der Waals surface area contributed by atoms with E-state index >= 15 is 0 Å². The zero-order valence-corrected chi connectivity index (χ0v) is 7.15. The van der Waals surface area contributed by atoms with Crippen molar-refractivity contribution in [3.8, 4) is 0 Å². The maximum absolute atomic E-state index is 3.12. The molecule has 1 rings (SSSR count). The van der Waals surface area contributed by atoms with Crippen LogP contribution in [-0.4, -0.2) is 7.05 Å². The summed E-state index contributed by atoms with van der Waals surface area (Å²) in [6.45, 7) is 4.44. The van der Waals surface area contributed by atoms with E-state index in [2.05, 4.69) is 25.2 Å². The predicted octanol–water partition coefficient (Wildman–Crippen LogP) is 2.16. The van der Waals surface area contributed by atoms with Crippen molar-refractivity contribution in [3.05, 3.63) is 11.8 Å². The lowest BCUT2D eigenvalue weighted by Gasteiger charge is -1.97. The van der Waals surface area contributed by atoms with Crippen LogP contribution in [0.4, 0.5) is 0 Å². The van der Waals surface area contributed by atoms with Gasteiger partial charge < -0.3 is 5.32 Å². The summed E-state index contributed by atoms with van der Waals surface area (Å²) in [6, 6.07) is 0. The lowest BCUT2D eigenvalue weighted by molar-refractivity contribution is 0.756. The first kappa shape index (κ1) is 7.64. The molecule has 0 aromatic heterocycles. The van der Waals surface area contributed by atoms with Gasteiger partial charge in [-0.1, -0.05) is 13.0 Å².